The highest BCUT2D eigenvalue weighted by molar-refractivity contribution is 5.40. The van der Waals surface area contributed by atoms with Gasteiger partial charge in [0.25, 0.3) is 0 Å². The largest absolute Gasteiger partial charge is 0.399 e. The maximum absolute atomic E-state index is 5.70. The van der Waals surface area contributed by atoms with Crippen molar-refractivity contribution in [3.05, 3.63) is 41.5 Å². The monoisotopic (exact) mass is 201 g/mol. The fourth-order valence-electron chi connectivity index (χ4n) is 2.28. The van der Waals surface area contributed by atoms with Crippen molar-refractivity contribution in [2.45, 2.75) is 38.5 Å². The Morgan fingerprint density at radius 2 is 1.87 bits per heavy atom. The molecule has 0 saturated carbocycles. The van der Waals surface area contributed by atoms with Crippen molar-refractivity contribution in [3.8, 4) is 0 Å². The van der Waals surface area contributed by atoms with E-state index in [0.29, 0.717) is 0 Å². The molecule has 0 heterocycles. The van der Waals surface area contributed by atoms with Gasteiger partial charge in [0.1, 0.15) is 0 Å². The van der Waals surface area contributed by atoms with E-state index in [0.717, 1.165) is 11.6 Å². The van der Waals surface area contributed by atoms with Gasteiger partial charge in [-0.3, -0.25) is 0 Å². The van der Waals surface area contributed by atoms with Crippen molar-refractivity contribution in [1.29, 1.82) is 0 Å². The van der Waals surface area contributed by atoms with Crippen LogP contribution in [0.5, 0.6) is 0 Å². The Bertz CT molecular complexity index is 348. The Labute approximate surface area is 92.0 Å². The van der Waals surface area contributed by atoms with Crippen LogP contribution in [0.25, 0.3) is 0 Å². The van der Waals surface area contributed by atoms with Crippen molar-refractivity contribution in [2.75, 3.05) is 5.73 Å². The molecule has 1 unspecified atom stereocenters. The quantitative estimate of drug-likeness (QED) is 0.541. The molecule has 1 aromatic carbocycles. The van der Waals surface area contributed by atoms with Crippen LogP contribution in [0.2, 0.25) is 0 Å². The molecule has 0 aliphatic heterocycles. The minimum atomic E-state index is 0.722. The second-order valence-electron chi connectivity index (χ2n) is 4.53. The predicted octanol–water partition coefficient (Wildman–Crippen LogP) is 3.87. The highest BCUT2D eigenvalue weighted by Crippen LogP contribution is 2.31. The number of benzene rings is 1. The first-order valence-corrected chi connectivity index (χ1v) is 5.77. The van der Waals surface area contributed by atoms with Gasteiger partial charge in [-0.05, 0) is 56.2 Å². The molecule has 1 aliphatic rings. The minimum absolute atomic E-state index is 0.722. The molecule has 2 N–H and O–H groups in total. The van der Waals surface area contributed by atoms with E-state index in [9.17, 15) is 0 Å². The topological polar surface area (TPSA) is 26.0 Å². The number of allylic oxidation sites excluding steroid dienone is 2. The van der Waals surface area contributed by atoms with Crippen LogP contribution in [0.1, 0.15) is 44.1 Å². The van der Waals surface area contributed by atoms with Crippen LogP contribution in [0.15, 0.2) is 35.9 Å². The van der Waals surface area contributed by atoms with E-state index < -0.39 is 0 Å². The van der Waals surface area contributed by atoms with Crippen molar-refractivity contribution in [1.82, 2.24) is 0 Å². The van der Waals surface area contributed by atoms with Gasteiger partial charge >= 0.3 is 0 Å². The summed E-state index contributed by atoms with van der Waals surface area (Å²) in [6, 6.07) is 8.39. The molecule has 80 valence electrons. The standard InChI is InChI=1S/C14H19N/c1-11-3-2-4-12(6-5-11)13-7-9-14(15)10-8-13/h3,7-10,12H,2,4-6,15H2,1H3. The smallest absolute Gasteiger partial charge is 0.0314 e. The summed E-state index contributed by atoms with van der Waals surface area (Å²) in [6.45, 7) is 2.24. The fraction of sp³-hybridized carbons (Fsp3) is 0.429. The lowest BCUT2D eigenvalue weighted by Gasteiger charge is -2.14. The predicted molar refractivity (Wildman–Crippen MR) is 65.8 cm³/mol. The Kier molecular flexibility index (Phi) is 3.10. The average Bonchev–Trinajstić information content (AvgIpc) is 2.44. The maximum Gasteiger partial charge on any atom is 0.0314 e. The molecule has 2 rings (SSSR count). The van der Waals surface area contributed by atoms with Gasteiger partial charge in [-0.2, -0.15) is 0 Å². The van der Waals surface area contributed by atoms with Crippen LogP contribution >= 0.6 is 0 Å². The van der Waals surface area contributed by atoms with Crippen LogP contribution in [0, 0.1) is 0 Å². The summed E-state index contributed by atoms with van der Waals surface area (Å²) in [5, 5.41) is 0. The van der Waals surface area contributed by atoms with Crippen LogP contribution in [-0.2, 0) is 0 Å². The zero-order valence-corrected chi connectivity index (χ0v) is 9.37. The Morgan fingerprint density at radius 1 is 1.13 bits per heavy atom. The van der Waals surface area contributed by atoms with Crippen molar-refractivity contribution in [2.24, 2.45) is 0 Å². The molecule has 0 aromatic heterocycles. The van der Waals surface area contributed by atoms with Crippen LogP contribution in [0.4, 0.5) is 5.69 Å². The molecule has 15 heavy (non-hydrogen) atoms. The summed E-state index contributed by atoms with van der Waals surface area (Å²) in [7, 11) is 0. The molecule has 1 atom stereocenters. The van der Waals surface area contributed by atoms with Gasteiger partial charge in [0.05, 0.1) is 0 Å². The fourth-order valence-corrected chi connectivity index (χ4v) is 2.28. The van der Waals surface area contributed by atoms with E-state index in [2.05, 4.69) is 25.1 Å². The minimum Gasteiger partial charge on any atom is -0.399 e. The summed E-state index contributed by atoms with van der Waals surface area (Å²) in [6.07, 6.45) is 7.42. The molecular weight excluding hydrogens is 182 g/mol. The maximum atomic E-state index is 5.70. The van der Waals surface area contributed by atoms with Gasteiger partial charge in [0, 0.05) is 5.69 Å². The van der Waals surface area contributed by atoms with E-state index in [1.165, 1.54) is 31.2 Å². The first kappa shape index (κ1) is 10.3. The number of nitrogens with two attached hydrogens (primary N) is 1. The van der Waals surface area contributed by atoms with Gasteiger partial charge in [0.15, 0.2) is 0 Å². The first-order valence-electron chi connectivity index (χ1n) is 5.77. The molecule has 0 amide bonds. The van der Waals surface area contributed by atoms with Gasteiger partial charge in [-0.25, -0.2) is 0 Å². The second-order valence-corrected chi connectivity index (χ2v) is 4.53. The van der Waals surface area contributed by atoms with Gasteiger partial charge in [-0.1, -0.05) is 23.8 Å². The van der Waals surface area contributed by atoms with Gasteiger partial charge in [0.2, 0.25) is 0 Å². The van der Waals surface area contributed by atoms with Crippen molar-refractivity contribution >= 4 is 5.69 Å². The Morgan fingerprint density at radius 3 is 2.60 bits per heavy atom. The molecule has 1 nitrogen and oxygen atoms in total. The summed E-state index contributed by atoms with van der Waals surface area (Å²) in [5.41, 5.74) is 9.56. The summed E-state index contributed by atoms with van der Waals surface area (Å²) in [4.78, 5) is 0. The molecule has 0 radical (unpaired) electrons. The number of anilines is 1. The number of hydrogen-bond donors (Lipinski definition) is 1. The summed E-state index contributed by atoms with van der Waals surface area (Å²) in [5.74, 6) is 0.722. The van der Waals surface area contributed by atoms with Crippen molar-refractivity contribution in [3.63, 3.8) is 0 Å². The highest BCUT2D eigenvalue weighted by Gasteiger charge is 2.13. The zero-order chi connectivity index (χ0) is 10.7. The van der Waals surface area contributed by atoms with Crippen molar-refractivity contribution < 1.29 is 0 Å². The van der Waals surface area contributed by atoms with E-state index >= 15 is 0 Å². The molecule has 1 heteroatoms. The van der Waals surface area contributed by atoms with E-state index in [1.807, 2.05) is 12.1 Å². The van der Waals surface area contributed by atoms with E-state index in [4.69, 9.17) is 5.73 Å². The third kappa shape index (κ3) is 2.62. The lowest BCUT2D eigenvalue weighted by atomic mass is 9.91. The highest BCUT2D eigenvalue weighted by atomic mass is 14.5. The summed E-state index contributed by atoms with van der Waals surface area (Å²) < 4.78 is 0. The van der Waals surface area contributed by atoms with Gasteiger partial charge < -0.3 is 5.73 Å². The molecule has 1 aromatic rings. The van der Waals surface area contributed by atoms with E-state index in [-0.39, 0.29) is 0 Å². The number of rotatable bonds is 1. The van der Waals surface area contributed by atoms with Crippen LogP contribution in [0.3, 0.4) is 0 Å². The molecule has 1 aliphatic carbocycles. The molecule has 0 fully saturated rings. The van der Waals surface area contributed by atoms with E-state index in [1.54, 1.807) is 5.57 Å². The lowest BCUT2D eigenvalue weighted by Crippen LogP contribution is -1.97. The van der Waals surface area contributed by atoms with Crippen LogP contribution in [-0.4, -0.2) is 0 Å². The SMILES string of the molecule is CC1=CCCC(c2ccc(N)cc2)CC1. The molecule has 0 spiro atoms. The summed E-state index contributed by atoms with van der Waals surface area (Å²) >= 11 is 0. The lowest BCUT2D eigenvalue weighted by molar-refractivity contribution is 0.599. The normalized spacial score (nSPS) is 21.9. The third-order valence-electron chi connectivity index (χ3n) is 3.30. The molecular formula is C14H19N. The average molecular weight is 201 g/mol. The Balaban J connectivity index is 2.08. The zero-order valence-electron chi connectivity index (χ0n) is 9.37. The first-order chi connectivity index (χ1) is 7.25. The second kappa shape index (κ2) is 4.52. The molecule has 0 saturated heterocycles. The van der Waals surface area contributed by atoms with Crippen LogP contribution < -0.4 is 5.73 Å². The molecule has 0 bridgehead atoms. The third-order valence-corrected chi connectivity index (χ3v) is 3.30. The Hall–Kier alpha value is -1.24. The number of hydrogen-bond acceptors (Lipinski definition) is 1. The van der Waals surface area contributed by atoms with Gasteiger partial charge in [-0.15, -0.1) is 0 Å². The number of nitrogen functional groups attached to an aromatic ring is 1.